The van der Waals surface area contributed by atoms with Crippen LogP contribution in [0.25, 0.3) is 10.9 Å². The van der Waals surface area contributed by atoms with Crippen molar-refractivity contribution in [2.75, 3.05) is 77.3 Å². The minimum atomic E-state index is 0.100. The van der Waals surface area contributed by atoms with Gasteiger partial charge in [0.25, 0.3) is 0 Å². The highest BCUT2D eigenvalue weighted by molar-refractivity contribution is 5.93. The summed E-state index contributed by atoms with van der Waals surface area (Å²) in [5, 5.41) is 7.46. The van der Waals surface area contributed by atoms with Crippen LogP contribution in [-0.4, -0.2) is 98.8 Å². The lowest BCUT2D eigenvalue weighted by atomic mass is 10.0. The van der Waals surface area contributed by atoms with Crippen molar-refractivity contribution in [2.24, 2.45) is 0 Å². The lowest BCUT2D eigenvalue weighted by molar-refractivity contribution is -0.120. The second-order valence-corrected chi connectivity index (χ2v) is 12.4. The molecule has 0 bridgehead atoms. The van der Waals surface area contributed by atoms with Crippen molar-refractivity contribution in [2.45, 2.75) is 64.0 Å². The molecule has 2 aliphatic rings. The Morgan fingerprint density at radius 1 is 0.933 bits per heavy atom. The van der Waals surface area contributed by atoms with Gasteiger partial charge in [0.1, 0.15) is 5.82 Å². The lowest BCUT2D eigenvalue weighted by Gasteiger charge is -2.33. The zero-order valence-electron chi connectivity index (χ0n) is 27.4. The van der Waals surface area contributed by atoms with E-state index in [4.69, 9.17) is 19.4 Å². The summed E-state index contributed by atoms with van der Waals surface area (Å²) in [4.78, 5) is 28.9. The molecule has 2 aromatic carbocycles. The molecule has 0 atom stereocenters. The first-order valence-corrected chi connectivity index (χ1v) is 16.7. The molecule has 0 spiro atoms. The highest BCUT2D eigenvalue weighted by atomic mass is 16.5. The smallest absolute Gasteiger partial charge is 0.227 e. The van der Waals surface area contributed by atoms with Crippen LogP contribution in [0.15, 0.2) is 42.5 Å². The summed E-state index contributed by atoms with van der Waals surface area (Å²) in [6, 6.07) is 15.1. The molecule has 2 aliphatic heterocycles. The molecule has 1 amide bonds. The van der Waals surface area contributed by atoms with Gasteiger partial charge in [-0.15, -0.1) is 0 Å². The fraction of sp³-hybridized carbons (Fsp3) is 0.571. The normalized spacial score (nSPS) is 16.8. The van der Waals surface area contributed by atoms with Crippen LogP contribution < -0.4 is 25.0 Å². The number of nitrogens with one attached hydrogen (secondary N) is 2. The van der Waals surface area contributed by atoms with Gasteiger partial charge < -0.3 is 29.9 Å². The first-order chi connectivity index (χ1) is 22.0. The summed E-state index contributed by atoms with van der Waals surface area (Å²) < 4.78 is 12.0. The molecule has 0 unspecified atom stereocenters. The van der Waals surface area contributed by atoms with Gasteiger partial charge in [-0.1, -0.05) is 43.2 Å². The molecule has 0 radical (unpaired) electrons. The van der Waals surface area contributed by atoms with E-state index in [0.29, 0.717) is 30.6 Å². The van der Waals surface area contributed by atoms with Crippen LogP contribution in [-0.2, 0) is 11.3 Å². The van der Waals surface area contributed by atoms with Crippen LogP contribution >= 0.6 is 0 Å². The van der Waals surface area contributed by atoms with Crippen molar-refractivity contribution in [3.05, 3.63) is 48.0 Å². The number of amides is 1. The SMILES string of the molecule is CNC(=O)CCCCCCOc1cc2nc(N3CCCN(C)CC3)nc(NC3CCN(Cc4ccccc4)CC3)c2cc1OC. The molecule has 244 valence electrons. The standard InChI is InChI=1S/C35H51N7O3/c1-36-33(43)14-9-4-5-10-23-45-32-25-30-29(24-31(32)44-3)34(39-35(38-30)42-18-11-17-40(2)21-22-42)37-28-15-19-41(20-16-28)26-27-12-7-6-8-13-27/h6-8,12-13,24-25,28H,4-5,9-11,14-23,26H2,1-3H3,(H,36,43)(H,37,38,39). The number of hydrogen-bond acceptors (Lipinski definition) is 9. The summed E-state index contributed by atoms with van der Waals surface area (Å²) >= 11 is 0. The molecule has 10 heteroatoms. The Bertz CT molecular complexity index is 1360. The van der Waals surface area contributed by atoms with E-state index < -0.39 is 0 Å². The summed E-state index contributed by atoms with van der Waals surface area (Å²) in [7, 11) is 5.55. The molecular formula is C35H51N7O3. The minimum Gasteiger partial charge on any atom is -0.493 e. The van der Waals surface area contributed by atoms with Gasteiger partial charge in [0.2, 0.25) is 11.9 Å². The summed E-state index contributed by atoms with van der Waals surface area (Å²) in [5.41, 5.74) is 2.23. The number of nitrogens with zero attached hydrogens (tertiary/aromatic N) is 5. The van der Waals surface area contributed by atoms with Crippen molar-refractivity contribution in [3.8, 4) is 11.5 Å². The maximum Gasteiger partial charge on any atom is 0.227 e. The first kappa shape index (κ1) is 32.8. The molecule has 0 aliphatic carbocycles. The molecule has 2 N–H and O–H groups in total. The molecule has 2 saturated heterocycles. The fourth-order valence-corrected chi connectivity index (χ4v) is 6.21. The molecule has 3 aromatic rings. The van der Waals surface area contributed by atoms with Gasteiger partial charge in [-0.25, -0.2) is 4.98 Å². The Labute approximate surface area is 268 Å². The molecule has 1 aromatic heterocycles. The zero-order chi connectivity index (χ0) is 31.4. The van der Waals surface area contributed by atoms with E-state index in [9.17, 15) is 4.79 Å². The monoisotopic (exact) mass is 617 g/mol. The van der Waals surface area contributed by atoms with Gasteiger partial charge >= 0.3 is 0 Å². The summed E-state index contributed by atoms with van der Waals surface area (Å²) in [6.07, 6.45) is 7.62. The largest absolute Gasteiger partial charge is 0.493 e. The topological polar surface area (TPSA) is 95.1 Å². The number of ether oxygens (including phenoxy) is 2. The zero-order valence-corrected chi connectivity index (χ0v) is 27.4. The van der Waals surface area contributed by atoms with Crippen molar-refractivity contribution in [1.82, 2.24) is 25.1 Å². The number of piperidine rings is 1. The quantitative estimate of drug-likeness (QED) is 0.244. The van der Waals surface area contributed by atoms with E-state index in [0.717, 1.165) is 113 Å². The summed E-state index contributed by atoms with van der Waals surface area (Å²) in [5.74, 6) is 3.14. The van der Waals surface area contributed by atoms with Gasteiger partial charge in [-0.05, 0) is 57.3 Å². The number of rotatable bonds is 14. The second-order valence-electron chi connectivity index (χ2n) is 12.4. The highest BCUT2D eigenvalue weighted by Crippen LogP contribution is 2.36. The molecule has 5 rings (SSSR count). The van der Waals surface area contributed by atoms with Crippen molar-refractivity contribution in [3.63, 3.8) is 0 Å². The van der Waals surface area contributed by atoms with Gasteiger partial charge in [-0.3, -0.25) is 9.69 Å². The van der Waals surface area contributed by atoms with Crippen LogP contribution in [0.5, 0.6) is 11.5 Å². The number of anilines is 2. The van der Waals surface area contributed by atoms with E-state index in [-0.39, 0.29) is 5.91 Å². The Kier molecular flexibility index (Phi) is 12.1. The third-order valence-corrected chi connectivity index (χ3v) is 8.98. The molecule has 2 fully saturated rings. The number of methoxy groups -OCH3 is 1. The van der Waals surface area contributed by atoms with Gasteiger partial charge in [-0.2, -0.15) is 4.98 Å². The minimum absolute atomic E-state index is 0.100. The van der Waals surface area contributed by atoms with Gasteiger partial charge in [0.05, 0.1) is 19.2 Å². The van der Waals surface area contributed by atoms with Gasteiger partial charge in [0, 0.05) is 70.2 Å². The van der Waals surface area contributed by atoms with Crippen molar-refractivity contribution >= 4 is 28.6 Å². The second kappa shape index (κ2) is 16.6. The molecular weight excluding hydrogens is 566 g/mol. The molecule has 10 nitrogen and oxygen atoms in total. The number of likely N-dealkylation sites (tertiary alicyclic amines) is 1. The Morgan fingerprint density at radius 2 is 1.73 bits per heavy atom. The number of unbranched alkanes of at least 4 members (excludes halogenated alkanes) is 3. The van der Waals surface area contributed by atoms with Crippen LogP contribution in [0.4, 0.5) is 11.8 Å². The lowest BCUT2D eigenvalue weighted by Crippen LogP contribution is -2.39. The Balaban J connectivity index is 1.30. The van der Waals surface area contributed by atoms with E-state index in [2.05, 4.69) is 62.7 Å². The van der Waals surface area contributed by atoms with Crippen LogP contribution in [0, 0.1) is 0 Å². The van der Waals surface area contributed by atoms with Crippen molar-refractivity contribution in [1.29, 1.82) is 0 Å². The van der Waals surface area contributed by atoms with Crippen LogP contribution in [0.3, 0.4) is 0 Å². The Hall–Kier alpha value is -3.63. The Morgan fingerprint density at radius 3 is 2.51 bits per heavy atom. The maximum atomic E-state index is 11.5. The number of hydrogen-bond donors (Lipinski definition) is 2. The number of benzene rings is 2. The fourth-order valence-electron chi connectivity index (χ4n) is 6.21. The molecule has 3 heterocycles. The third kappa shape index (κ3) is 9.43. The van der Waals surface area contributed by atoms with Crippen LogP contribution in [0.2, 0.25) is 0 Å². The first-order valence-electron chi connectivity index (χ1n) is 16.7. The number of aromatic nitrogens is 2. The van der Waals surface area contributed by atoms with E-state index in [1.54, 1.807) is 14.2 Å². The number of likely N-dealkylation sites (N-methyl/N-ethyl adjacent to an activating group) is 1. The van der Waals surface area contributed by atoms with E-state index >= 15 is 0 Å². The van der Waals surface area contributed by atoms with E-state index in [1.807, 2.05) is 12.1 Å². The molecule has 45 heavy (non-hydrogen) atoms. The predicted octanol–water partition coefficient (Wildman–Crippen LogP) is 4.93. The average Bonchev–Trinajstić information content (AvgIpc) is 3.29. The number of fused-ring (bicyclic) bond motifs is 1. The average molecular weight is 618 g/mol. The number of carbonyl (C=O) groups excluding carboxylic acids is 1. The van der Waals surface area contributed by atoms with E-state index in [1.165, 1.54) is 5.56 Å². The third-order valence-electron chi connectivity index (χ3n) is 8.98. The van der Waals surface area contributed by atoms with Crippen molar-refractivity contribution < 1.29 is 14.3 Å². The van der Waals surface area contributed by atoms with Gasteiger partial charge in [0.15, 0.2) is 11.5 Å². The maximum absolute atomic E-state index is 11.5. The van der Waals surface area contributed by atoms with Crippen LogP contribution in [0.1, 0.15) is 56.9 Å². The molecule has 0 saturated carbocycles. The summed E-state index contributed by atoms with van der Waals surface area (Å²) in [6.45, 7) is 7.59. The predicted molar refractivity (Wildman–Crippen MR) is 181 cm³/mol. The highest BCUT2D eigenvalue weighted by Gasteiger charge is 2.23. The number of carbonyl (C=O) groups is 1.